The van der Waals surface area contributed by atoms with E-state index in [4.69, 9.17) is 5.11 Å². The fraction of sp³-hybridized carbons (Fsp3) is 0.143. The van der Waals surface area contributed by atoms with Crippen molar-refractivity contribution in [3.63, 3.8) is 0 Å². The maximum Gasteiger partial charge on any atom is 0.335 e. The fourth-order valence-electron chi connectivity index (χ4n) is 1.66. The summed E-state index contributed by atoms with van der Waals surface area (Å²) in [6.45, 7) is 0.143. The number of anilines is 1. The van der Waals surface area contributed by atoms with Crippen molar-refractivity contribution in [3.8, 4) is 0 Å². The van der Waals surface area contributed by atoms with Gasteiger partial charge in [-0.05, 0) is 24.3 Å². The van der Waals surface area contributed by atoms with Crippen LogP contribution < -0.4 is 10.2 Å². The molecule has 0 radical (unpaired) electrons. The number of amides is 2. The minimum Gasteiger partial charge on any atom is -0.478 e. The van der Waals surface area contributed by atoms with Crippen LogP contribution in [-0.4, -0.2) is 34.1 Å². The Hall–Kier alpha value is -2.96. The van der Waals surface area contributed by atoms with E-state index in [-0.39, 0.29) is 18.1 Å². The SMILES string of the molecule is CN(C(=O)NCc1cc(C(=O)O)ccn1)c1cccnc1. The summed E-state index contributed by atoms with van der Waals surface area (Å²) >= 11 is 0. The van der Waals surface area contributed by atoms with Gasteiger partial charge in [-0.25, -0.2) is 9.59 Å². The topological polar surface area (TPSA) is 95.4 Å². The highest BCUT2D eigenvalue weighted by molar-refractivity contribution is 5.91. The largest absolute Gasteiger partial charge is 0.478 e. The van der Waals surface area contributed by atoms with Crippen LogP contribution in [0.3, 0.4) is 0 Å². The number of carbonyl (C=O) groups excluding carboxylic acids is 1. The molecule has 0 aromatic carbocycles. The molecule has 7 heteroatoms. The lowest BCUT2D eigenvalue weighted by molar-refractivity contribution is 0.0696. The van der Waals surface area contributed by atoms with Gasteiger partial charge >= 0.3 is 12.0 Å². The Morgan fingerprint density at radius 1 is 1.33 bits per heavy atom. The molecule has 0 atom stereocenters. The molecule has 2 N–H and O–H groups in total. The van der Waals surface area contributed by atoms with Gasteiger partial charge in [-0.15, -0.1) is 0 Å². The van der Waals surface area contributed by atoms with Crippen LogP contribution in [0.2, 0.25) is 0 Å². The number of rotatable bonds is 4. The molecule has 0 aliphatic carbocycles. The third-order valence-electron chi connectivity index (χ3n) is 2.82. The molecule has 2 aromatic heterocycles. The molecule has 0 aliphatic rings. The first kappa shape index (κ1) is 14.4. The number of aromatic carboxylic acids is 1. The van der Waals surface area contributed by atoms with Crippen molar-refractivity contribution in [1.82, 2.24) is 15.3 Å². The van der Waals surface area contributed by atoms with E-state index < -0.39 is 5.97 Å². The highest BCUT2D eigenvalue weighted by atomic mass is 16.4. The lowest BCUT2D eigenvalue weighted by atomic mass is 10.2. The smallest absolute Gasteiger partial charge is 0.335 e. The van der Waals surface area contributed by atoms with Crippen LogP contribution in [0.25, 0.3) is 0 Å². The average molecular weight is 286 g/mol. The minimum absolute atomic E-state index is 0.134. The van der Waals surface area contributed by atoms with Gasteiger partial charge in [0.1, 0.15) is 0 Å². The van der Waals surface area contributed by atoms with Crippen molar-refractivity contribution in [2.75, 3.05) is 11.9 Å². The molecule has 0 unspecified atom stereocenters. The lowest BCUT2D eigenvalue weighted by Gasteiger charge is -2.17. The number of hydrogen-bond donors (Lipinski definition) is 2. The summed E-state index contributed by atoms with van der Waals surface area (Å²) in [6.07, 6.45) is 4.59. The van der Waals surface area contributed by atoms with Crippen molar-refractivity contribution in [2.24, 2.45) is 0 Å². The van der Waals surface area contributed by atoms with E-state index in [1.807, 2.05) is 0 Å². The third-order valence-corrected chi connectivity index (χ3v) is 2.82. The molecule has 0 fully saturated rings. The Morgan fingerprint density at radius 2 is 2.14 bits per heavy atom. The zero-order chi connectivity index (χ0) is 15.2. The maximum absolute atomic E-state index is 12.0. The van der Waals surface area contributed by atoms with Gasteiger partial charge in [0.2, 0.25) is 0 Å². The van der Waals surface area contributed by atoms with E-state index in [2.05, 4.69) is 15.3 Å². The molecule has 2 aromatic rings. The second-order valence-corrected chi connectivity index (χ2v) is 4.27. The maximum atomic E-state index is 12.0. The van der Waals surface area contributed by atoms with Crippen LogP contribution in [0, 0.1) is 0 Å². The zero-order valence-corrected chi connectivity index (χ0v) is 11.4. The number of carboxylic acids is 1. The fourth-order valence-corrected chi connectivity index (χ4v) is 1.66. The van der Waals surface area contributed by atoms with Gasteiger partial charge in [-0.2, -0.15) is 0 Å². The summed E-state index contributed by atoms with van der Waals surface area (Å²) in [5, 5.41) is 11.6. The Kier molecular flexibility index (Phi) is 4.45. The molecular formula is C14H14N4O3. The lowest BCUT2D eigenvalue weighted by Crippen LogP contribution is -2.37. The number of urea groups is 1. The van der Waals surface area contributed by atoms with Crippen LogP contribution in [0.1, 0.15) is 16.1 Å². The highest BCUT2D eigenvalue weighted by Gasteiger charge is 2.11. The van der Waals surface area contributed by atoms with Gasteiger partial charge in [-0.1, -0.05) is 0 Å². The van der Waals surface area contributed by atoms with Gasteiger partial charge in [0.25, 0.3) is 0 Å². The number of nitrogens with one attached hydrogen (secondary N) is 1. The first-order chi connectivity index (χ1) is 10.1. The van der Waals surface area contributed by atoms with Crippen LogP contribution in [-0.2, 0) is 6.54 Å². The second kappa shape index (κ2) is 6.47. The summed E-state index contributed by atoms with van der Waals surface area (Å²) in [7, 11) is 1.62. The normalized spacial score (nSPS) is 9.95. The van der Waals surface area contributed by atoms with E-state index in [1.54, 1.807) is 31.6 Å². The number of pyridine rings is 2. The van der Waals surface area contributed by atoms with Crippen LogP contribution >= 0.6 is 0 Å². The number of carbonyl (C=O) groups is 2. The summed E-state index contributed by atoms with van der Waals surface area (Å²) in [6, 6.07) is 5.99. The summed E-state index contributed by atoms with van der Waals surface area (Å²) in [5.74, 6) is -1.03. The quantitative estimate of drug-likeness (QED) is 0.888. The van der Waals surface area contributed by atoms with Gasteiger partial charge in [-0.3, -0.25) is 14.9 Å². The Labute approximate surface area is 121 Å². The monoisotopic (exact) mass is 286 g/mol. The van der Waals surface area contributed by atoms with E-state index in [0.717, 1.165) is 0 Å². The van der Waals surface area contributed by atoms with Gasteiger partial charge in [0.05, 0.1) is 29.7 Å². The summed E-state index contributed by atoms with van der Waals surface area (Å²) in [4.78, 5) is 32.2. The van der Waals surface area contributed by atoms with Gasteiger partial charge < -0.3 is 10.4 Å². The highest BCUT2D eigenvalue weighted by Crippen LogP contribution is 2.09. The molecule has 0 saturated carbocycles. The van der Waals surface area contributed by atoms with Crippen molar-refractivity contribution in [2.45, 2.75) is 6.54 Å². The van der Waals surface area contributed by atoms with Crippen molar-refractivity contribution >= 4 is 17.7 Å². The predicted molar refractivity (Wildman–Crippen MR) is 76.1 cm³/mol. The Balaban J connectivity index is 1.98. The molecule has 7 nitrogen and oxygen atoms in total. The minimum atomic E-state index is -1.03. The standard InChI is InChI=1S/C14H14N4O3/c1-18(12-3-2-5-15-9-12)14(21)17-8-11-7-10(13(19)20)4-6-16-11/h2-7,9H,8H2,1H3,(H,17,21)(H,19,20). The summed E-state index contributed by atoms with van der Waals surface area (Å²) < 4.78 is 0. The second-order valence-electron chi connectivity index (χ2n) is 4.27. The number of nitrogens with zero attached hydrogens (tertiary/aromatic N) is 3. The van der Waals surface area contributed by atoms with Crippen LogP contribution in [0.5, 0.6) is 0 Å². The van der Waals surface area contributed by atoms with Crippen molar-refractivity contribution in [3.05, 3.63) is 54.1 Å². The number of hydrogen-bond acceptors (Lipinski definition) is 4. The molecular weight excluding hydrogens is 272 g/mol. The third kappa shape index (κ3) is 3.75. The molecule has 0 aliphatic heterocycles. The number of carboxylic acid groups (broad SMARTS) is 1. The van der Waals surface area contributed by atoms with E-state index in [1.165, 1.54) is 23.2 Å². The molecule has 0 bridgehead atoms. The molecule has 2 heterocycles. The number of aromatic nitrogens is 2. The molecule has 0 spiro atoms. The Bertz CT molecular complexity index is 646. The Morgan fingerprint density at radius 3 is 2.81 bits per heavy atom. The van der Waals surface area contributed by atoms with Crippen molar-refractivity contribution in [1.29, 1.82) is 0 Å². The van der Waals surface area contributed by atoms with E-state index >= 15 is 0 Å². The average Bonchev–Trinajstić information content (AvgIpc) is 2.53. The molecule has 2 amide bonds. The van der Waals surface area contributed by atoms with Crippen LogP contribution in [0.15, 0.2) is 42.9 Å². The molecule has 2 rings (SSSR count). The predicted octanol–water partition coefficient (Wildman–Crippen LogP) is 1.52. The molecule has 21 heavy (non-hydrogen) atoms. The van der Waals surface area contributed by atoms with Gasteiger partial charge in [0, 0.05) is 19.4 Å². The molecule has 0 saturated heterocycles. The first-order valence-corrected chi connectivity index (χ1v) is 6.17. The van der Waals surface area contributed by atoms with Crippen LogP contribution in [0.4, 0.5) is 10.5 Å². The van der Waals surface area contributed by atoms with Crippen molar-refractivity contribution < 1.29 is 14.7 Å². The zero-order valence-electron chi connectivity index (χ0n) is 11.4. The molecule has 108 valence electrons. The van der Waals surface area contributed by atoms with Gasteiger partial charge in [0.15, 0.2) is 0 Å². The van der Waals surface area contributed by atoms with E-state index in [0.29, 0.717) is 11.4 Å². The van der Waals surface area contributed by atoms with E-state index in [9.17, 15) is 9.59 Å². The first-order valence-electron chi connectivity index (χ1n) is 6.17. The summed E-state index contributed by atoms with van der Waals surface area (Å²) in [5.41, 5.74) is 1.26.